The lowest BCUT2D eigenvalue weighted by Crippen LogP contribution is -2.61. The zero-order valence-electron chi connectivity index (χ0n) is 25.8. The minimum absolute atomic E-state index is 0.0827. The van der Waals surface area contributed by atoms with Gasteiger partial charge in [0.2, 0.25) is 11.8 Å². The number of carbonyl (C=O) groups is 3. The van der Waals surface area contributed by atoms with E-state index in [2.05, 4.69) is 52.7 Å². The van der Waals surface area contributed by atoms with Crippen LogP contribution >= 0.6 is 0 Å². The molecule has 2 heterocycles. The Hall–Kier alpha value is -3.39. The van der Waals surface area contributed by atoms with Crippen LogP contribution in [0.2, 0.25) is 0 Å². The first-order chi connectivity index (χ1) is 19.9. The summed E-state index contributed by atoms with van der Waals surface area (Å²) in [6.45, 7) is 12.4. The number of piperidine rings is 2. The fraction of sp³-hybridized carbons (Fsp3) is 0.559. The fourth-order valence-corrected chi connectivity index (χ4v) is 6.25. The number of nitrogens with one attached hydrogen (secondary N) is 1. The number of nitrogens with zero attached hydrogens (tertiary/aromatic N) is 2. The molecule has 2 aromatic rings. The Morgan fingerprint density at radius 2 is 1.57 bits per heavy atom. The Labute approximate surface area is 251 Å². The van der Waals surface area contributed by atoms with Gasteiger partial charge in [0.05, 0.1) is 0 Å². The highest BCUT2D eigenvalue weighted by molar-refractivity contribution is 5.91. The summed E-state index contributed by atoms with van der Waals surface area (Å²) >= 11 is 0. The van der Waals surface area contributed by atoms with Gasteiger partial charge in [0, 0.05) is 19.0 Å². The summed E-state index contributed by atoms with van der Waals surface area (Å²) in [6.07, 6.45) is 3.57. The van der Waals surface area contributed by atoms with E-state index < -0.39 is 29.7 Å². The first-order valence-corrected chi connectivity index (χ1v) is 15.4. The zero-order chi connectivity index (χ0) is 30.4. The summed E-state index contributed by atoms with van der Waals surface area (Å²) in [5, 5.41) is 2.87. The number of benzene rings is 2. The molecule has 228 valence electrons. The van der Waals surface area contributed by atoms with Crippen molar-refractivity contribution in [3.63, 3.8) is 0 Å². The molecule has 2 aliphatic heterocycles. The van der Waals surface area contributed by atoms with Crippen LogP contribution in [0.5, 0.6) is 0 Å². The standard InChI is InChI=1S/C34H48N4O4/c1-23-11-12-24(2)38(33(41)42-34(3,4)5)30(23)32(40)36-29(31(35)39)21-25-13-15-27(16-14-25)28-17-19-37(20-18-28)22-26-9-7-6-8-10-26/h6-10,13-16,23-24,28-30H,11-12,17-22H2,1-5H3,(H2,35,39)(H,36,40)/t23-,24+,29+,30+/m1/s1. The molecule has 8 heteroatoms. The number of carbonyl (C=O) groups excluding carboxylic acids is 3. The monoisotopic (exact) mass is 576 g/mol. The van der Waals surface area contributed by atoms with Crippen LogP contribution in [0, 0.1) is 5.92 Å². The van der Waals surface area contributed by atoms with Crippen LogP contribution in [0.3, 0.4) is 0 Å². The predicted molar refractivity (Wildman–Crippen MR) is 165 cm³/mol. The van der Waals surface area contributed by atoms with Gasteiger partial charge in [-0.05, 0) is 95.0 Å². The highest BCUT2D eigenvalue weighted by Gasteiger charge is 2.43. The van der Waals surface area contributed by atoms with Gasteiger partial charge in [-0.1, -0.05) is 61.5 Å². The predicted octanol–water partition coefficient (Wildman–Crippen LogP) is 5.00. The zero-order valence-corrected chi connectivity index (χ0v) is 25.8. The molecule has 42 heavy (non-hydrogen) atoms. The van der Waals surface area contributed by atoms with Crippen LogP contribution in [0.4, 0.5) is 4.79 Å². The van der Waals surface area contributed by atoms with E-state index in [9.17, 15) is 14.4 Å². The van der Waals surface area contributed by atoms with Crippen molar-refractivity contribution in [3.8, 4) is 0 Å². The smallest absolute Gasteiger partial charge is 0.411 e. The molecule has 0 spiro atoms. The molecule has 0 radical (unpaired) electrons. The van der Waals surface area contributed by atoms with Crippen LogP contribution < -0.4 is 11.1 Å². The van der Waals surface area contributed by atoms with Crippen molar-refractivity contribution < 1.29 is 19.1 Å². The van der Waals surface area contributed by atoms with Gasteiger partial charge in [-0.25, -0.2) is 4.79 Å². The summed E-state index contributed by atoms with van der Waals surface area (Å²) in [6, 6.07) is 17.2. The molecule has 0 aliphatic carbocycles. The molecule has 2 saturated heterocycles. The number of amides is 3. The number of rotatable bonds is 8. The maximum absolute atomic E-state index is 13.6. The number of likely N-dealkylation sites (tertiary alicyclic amines) is 2. The second kappa shape index (κ2) is 13.7. The maximum Gasteiger partial charge on any atom is 0.411 e. The third-order valence-electron chi connectivity index (χ3n) is 8.61. The van der Waals surface area contributed by atoms with Crippen molar-refractivity contribution in [3.05, 3.63) is 71.3 Å². The summed E-state index contributed by atoms with van der Waals surface area (Å²) in [4.78, 5) is 43.1. The van der Waals surface area contributed by atoms with Gasteiger partial charge in [-0.3, -0.25) is 19.4 Å². The first kappa shape index (κ1) is 31.5. The SMILES string of the molecule is C[C@@H]1CC[C@H](C)N(C(=O)OC(C)(C)C)[C@@H]1C(=O)N[C@@H](Cc1ccc(C2CCN(Cc3ccccc3)CC2)cc1)C(N)=O. The van der Waals surface area contributed by atoms with Gasteiger partial charge in [0.1, 0.15) is 17.7 Å². The molecule has 2 aliphatic rings. The molecule has 4 atom stereocenters. The largest absolute Gasteiger partial charge is 0.444 e. The van der Waals surface area contributed by atoms with E-state index in [1.165, 1.54) is 16.0 Å². The molecule has 0 aromatic heterocycles. The van der Waals surface area contributed by atoms with Crippen molar-refractivity contribution in [1.29, 1.82) is 0 Å². The highest BCUT2D eigenvalue weighted by Crippen LogP contribution is 2.31. The molecule has 0 bridgehead atoms. The molecular weight excluding hydrogens is 528 g/mol. The third kappa shape index (κ3) is 8.34. The number of primary amides is 1. The van der Waals surface area contributed by atoms with Gasteiger partial charge in [0.15, 0.2) is 0 Å². The second-order valence-corrected chi connectivity index (χ2v) is 13.2. The van der Waals surface area contributed by atoms with Crippen molar-refractivity contribution >= 4 is 17.9 Å². The van der Waals surface area contributed by atoms with Gasteiger partial charge in [-0.2, -0.15) is 0 Å². The minimum atomic E-state index is -0.880. The molecule has 8 nitrogen and oxygen atoms in total. The van der Waals surface area contributed by atoms with Gasteiger partial charge >= 0.3 is 6.09 Å². The van der Waals surface area contributed by atoms with E-state index in [1.807, 2.05) is 26.0 Å². The number of nitrogens with two attached hydrogens (primary N) is 1. The van der Waals surface area contributed by atoms with E-state index in [-0.39, 0.29) is 17.9 Å². The maximum atomic E-state index is 13.6. The molecule has 3 amide bonds. The molecule has 0 unspecified atom stereocenters. The van der Waals surface area contributed by atoms with Crippen LogP contribution in [-0.4, -0.2) is 64.5 Å². The van der Waals surface area contributed by atoms with Crippen LogP contribution in [-0.2, 0) is 27.3 Å². The van der Waals surface area contributed by atoms with Gasteiger partial charge in [-0.15, -0.1) is 0 Å². The van der Waals surface area contributed by atoms with E-state index in [1.54, 1.807) is 20.8 Å². The van der Waals surface area contributed by atoms with Crippen LogP contribution in [0.1, 0.15) is 82.9 Å². The minimum Gasteiger partial charge on any atom is -0.444 e. The lowest BCUT2D eigenvalue weighted by Gasteiger charge is -2.43. The Morgan fingerprint density at radius 1 is 0.929 bits per heavy atom. The Kier molecular flexibility index (Phi) is 10.3. The average Bonchev–Trinajstić information content (AvgIpc) is 2.94. The van der Waals surface area contributed by atoms with Gasteiger partial charge < -0.3 is 15.8 Å². The van der Waals surface area contributed by atoms with Crippen molar-refractivity contribution in [2.24, 2.45) is 11.7 Å². The topological polar surface area (TPSA) is 105 Å². The molecular formula is C34H48N4O4. The first-order valence-electron chi connectivity index (χ1n) is 15.4. The fourth-order valence-electron chi connectivity index (χ4n) is 6.25. The quantitative estimate of drug-likeness (QED) is 0.460. The second-order valence-electron chi connectivity index (χ2n) is 13.2. The highest BCUT2D eigenvalue weighted by atomic mass is 16.6. The summed E-state index contributed by atoms with van der Waals surface area (Å²) < 4.78 is 5.63. The Bertz CT molecular complexity index is 1200. The molecule has 2 aromatic carbocycles. The van der Waals surface area contributed by atoms with Gasteiger partial charge in [0.25, 0.3) is 0 Å². The number of hydrogen-bond donors (Lipinski definition) is 2. The lowest BCUT2D eigenvalue weighted by atomic mass is 9.86. The normalized spacial score (nSPS) is 22.8. The van der Waals surface area contributed by atoms with E-state index in [0.717, 1.165) is 50.9 Å². The Morgan fingerprint density at radius 3 is 2.17 bits per heavy atom. The van der Waals surface area contributed by atoms with E-state index in [4.69, 9.17) is 10.5 Å². The van der Waals surface area contributed by atoms with E-state index >= 15 is 0 Å². The van der Waals surface area contributed by atoms with E-state index in [0.29, 0.717) is 12.3 Å². The molecule has 2 fully saturated rings. The van der Waals surface area contributed by atoms with Crippen LogP contribution in [0.15, 0.2) is 54.6 Å². The summed E-state index contributed by atoms with van der Waals surface area (Å²) in [5.74, 6) is -0.548. The number of ether oxygens (including phenoxy) is 1. The number of hydrogen-bond acceptors (Lipinski definition) is 5. The lowest BCUT2D eigenvalue weighted by molar-refractivity contribution is -0.134. The third-order valence-corrected chi connectivity index (χ3v) is 8.61. The van der Waals surface area contributed by atoms with Crippen molar-refractivity contribution in [2.75, 3.05) is 13.1 Å². The average molecular weight is 577 g/mol. The summed E-state index contributed by atoms with van der Waals surface area (Å²) in [5.41, 5.74) is 8.65. The molecule has 4 rings (SSSR count). The molecule has 0 saturated carbocycles. The Balaban J connectivity index is 1.36. The van der Waals surface area contributed by atoms with Crippen molar-refractivity contribution in [2.45, 2.75) is 103 Å². The van der Waals surface area contributed by atoms with Crippen molar-refractivity contribution in [1.82, 2.24) is 15.1 Å². The van der Waals surface area contributed by atoms with Crippen LogP contribution in [0.25, 0.3) is 0 Å². The summed E-state index contributed by atoms with van der Waals surface area (Å²) in [7, 11) is 0. The molecule has 3 N–H and O–H groups in total.